The Balaban J connectivity index is 2.27. The minimum Gasteiger partial charge on any atom is -0.466 e. The Hall–Kier alpha value is -2.90. The van der Waals surface area contributed by atoms with Crippen molar-refractivity contribution in [3.8, 4) is 0 Å². The lowest BCUT2D eigenvalue weighted by atomic mass is 9.99. The molecule has 0 radical (unpaired) electrons. The summed E-state index contributed by atoms with van der Waals surface area (Å²) in [6, 6.07) is -0.880. The first kappa shape index (κ1) is 61.1. The topological polar surface area (TPSA) is 175 Å². The second-order valence-corrected chi connectivity index (χ2v) is 17.8. The van der Waals surface area contributed by atoms with Gasteiger partial charge in [-0.1, -0.05) is 157 Å². The van der Waals surface area contributed by atoms with Crippen LogP contribution in [-0.4, -0.2) is 100 Å². The molecule has 0 bridgehead atoms. The summed E-state index contributed by atoms with van der Waals surface area (Å²) in [6.45, 7) is 4.14. The molecular weight excluding hydrogens is 835 g/mol. The molecule has 380 valence electrons. The summed E-state index contributed by atoms with van der Waals surface area (Å²) in [7, 11) is 0. The molecule has 1 rings (SSSR count). The molecule has 7 atom stereocenters. The molecule has 0 saturated carbocycles. The summed E-state index contributed by atoms with van der Waals surface area (Å²) in [5, 5.41) is 54.1. The molecule has 11 nitrogen and oxygen atoms in total. The molecule has 0 aliphatic carbocycles. The first-order valence-corrected chi connectivity index (χ1v) is 26.2. The maximum atomic E-state index is 12.9. The van der Waals surface area contributed by atoms with Crippen molar-refractivity contribution in [2.75, 3.05) is 19.8 Å². The van der Waals surface area contributed by atoms with E-state index in [0.29, 0.717) is 25.9 Å². The van der Waals surface area contributed by atoms with Crippen LogP contribution in [0.5, 0.6) is 0 Å². The first-order valence-electron chi connectivity index (χ1n) is 26.2. The second-order valence-electron chi connectivity index (χ2n) is 17.8. The largest absolute Gasteiger partial charge is 0.466 e. The predicted molar refractivity (Wildman–Crippen MR) is 269 cm³/mol. The highest BCUT2D eigenvalue weighted by atomic mass is 16.7. The minimum atomic E-state index is -1.60. The summed E-state index contributed by atoms with van der Waals surface area (Å²) in [6.07, 6.45) is 47.1. The van der Waals surface area contributed by atoms with Crippen molar-refractivity contribution in [3.05, 3.63) is 72.9 Å². The monoisotopic (exact) mass is 930 g/mol. The molecule has 11 heteroatoms. The molecule has 1 saturated heterocycles. The molecule has 1 heterocycles. The van der Waals surface area contributed by atoms with Crippen LogP contribution >= 0.6 is 0 Å². The van der Waals surface area contributed by atoms with E-state index in [1.54, 1.807) is 6.08 Å². The lowest BCUT2D eigenvalue weighted by Crippen LogP contribution is -2.60. The van der Waals surface area contributed by atoms with Gasteiger partial charge < -0.3 is 45.1 Å². The summed E-state index contributed by atoms with van der Waals surface area (Å²) in [5.74, 6) is -0.333. The zero-order valence-corrected chi connectivity index (χ0v) is 41.4. The summed E-state index contributed by atoms with van der Waals surface area (Å²) in [4.78, 5) is 25.0. The minimum absolute atomic E-state index is 0.0527. The van der Waals surface area contributed by atoms with E-state index in [1.165, 1.54) is 83.5 Å². The number of hydrogen-bond donors (Lipinski definition) is 6. The number of unbranched alkanes of at least 4 members (excludes halogenated alkanes) is 19. The molecule has 0 aromatic rings. The average Bonchev–Trinajstić information content (AvgIpc) is 3.31. The number of nitrogens with one attached hydrogen (secondary N) is 1. The van der Waals surface area contributed by atoms with Crippen LogP contribution in [0.3, 0.4) is 0 Å². The first-order chi connectivity index (χ1) is 32.2. The van der Waals surface area contributed by atoms with Gasteiger partial charge in [0.25, 0.3) is 0 Å². The fourth-order valence-corrected chi connectivity index (χ4v) is 7.51. The van der Waals surface area contributed by atoms with E-state index in [1.807, 2.05) is 18.2 Å². The molecule has 0 aromatic carbocycles. The highest BCUT2D eigenvalue weighted by Crippen LogP contribution is 2.22. The molecule has 0 spiro atoms. The highest BCUT2D eigenvalue weighted by Gasteiger charge is 2.44. The summed E-state index contributed by atoms with van der Waals surface area (Å²) in [5.41, 5.74) is 0. The smallest absolute Gasteiger partial charge is 0.305 e. The van der Waals surface area contributed by atoms with E-state index in [9.17, 15) is 35.1 Å². The fraction of sp³-hybridized carbons (Fsp3) is 0.745. The molecular formula is C55H95NO10. The SMILES string of the molecule is CCCCC/C=C\CCCCCCCC(=O)OCCCCCCCC/C=C\C/C=C\CCC(=O)NC(COC1OC(CO)C(O)C(O)C1O)C(O)/C=C/CC/C=C/CC/C=C/CCCCC. The van der Waals surface area contributed by atoms with Crippen LogP contribution < -0.4 is 5.32 Å². The van der Waals surface area contributed by atoms with Crippen LogP contribution in [0.4, 0.5) is 0 Å². The predicted octanol–water partition coefficient (Wildman–Crippen LogP) is 10.9. The zero-order chi connectivity index (χ0) is 48.1. The molecule has 1 aliphatic heterocycles. The lowest BCUT2D eigenvalue weighted by Gasteiger charge is -2.40. The average molecular weight is 930 g/mol. The van der Waals surface area contributed by atoms with Crippen LogP contribution in [0.2, 0.25) is 0 Å². The van der Waals surface area contributed by atoms with Gasteiger partial charge in [-0.3, -0.25) is 9.59 Å². The van der Waals surface area contributed by atoms with Gasteiger partial charge in [-0.25, -0.2) is 0 Å². The molecule has 7 unspecified atom stereocenters. The van der Waals surface area contributed by atoms with Gasteiger partial charge in [0, 0.05) is 12.8 Å². The number of aliphatic hydroxyl groups is 5. The van der Waals surface area contributed by atoms with Crippen molar-refractivity contribution in [2.45, 2.75) is 243 Å². The van der Waals surface area contributed by atoms with E-state index in [-0.39, 0.29) is 24.9 Å². The number of carbonyl (C=O) groups excluding carboxylic acids is 2. The van der Waals surface area contributed by atoms with Gasteiger partial charge in [0.1, 0.15) is 24.4 Å². The number of aliphatic hydroxyl groups excluding tert-OH is 5. The van der Waals surface area contributed by atoms with Gasteiger partial charge in [-0.2, -0.15) is 0 Å². The highest BCUT2D eigenvalue weighted by molar-refractivity contribution is 5.76. The van der Waals surface area contributed by atoms with Crippen LogP contribution in [0.15, 0.2) is 72.9 Å². The number of esters is 1. The molecule has 1 amide bonds. The van der Waals surface area contributed by atoms with Crippen LogP contribution in [0.1, 0.15) is 200 Å². The fourth-order valence-electron chi connectivity index (χ4n) is 7.51. The van der Waals surface area contributed by atoms with Gasteiger partial charge in [0.15, 0.2) is 6.29 Å². The van der Waals surface area contributed by atoms with Crippen LogP contribution in [0.25, 0.3) is 0 Å². The Morgan fingerprint density at radius 1 is 0.561 bits per heavy atom. The second kappa shape index (κ2) is 44.6. The van der Waals surface area contributed by atoms with Gasteiger partial charge in [0.05, 0.1) is 32.0 Å². The number of hydrogen-bond acceptors (Lipinski definition) is 10. The van der Waals surface area contributed by atoms with E-state index in [0.717, 1.165) is 77.0 Å². The number of amides is 1. The normalized spacial score (nSPS) is 20.3. The van der Waals surface area contributed by atoms with Crippen LogP contribution in [0, 0.1) is 0 Å². The standard InChI is InChI=1S/C55H95NO10/c1-3-5-7-9-11-13-15-18-21-25-29-33-37-41-48(58)47(46-65-55-54(63)53(62)52(61)49(45-57)66-55)56-50(59)42-38-34-30-26-22-19-17-20-24-28-32-36-40-44-64-51(60)43-39-35-31-27-23-16-14-12-10-8-6-4-2/h11-14,19,21-22,25,30,34,37,41,47-49,52-55,57-58,61-63H,3-10,15-18,20,23-24,26-29,31-33,35-36,38-40,42-46H2,1-2H3,(H,56,59)/b13-11+,14-12-,22-19-,25-21+,34-30-,41-37+. The van der Waals surface area contributed by atoms with Crippen molar-refractivity contribution in [1.82, 2.24) is 5.32 Å². The number of carbonyl (C=O) groups is 2. The van der Waals surface area contributed by atoms with E-state index >= 15 is 0 Å². The third-order valence-corrected chi connectivity index (χ3v) is 11.8. The quantitative estimate of drug-likeness (QED) is 0.0196. The Morgan fingerprint density at radius 2 is 1.05 bits per heavy atom. The maximum absolute atomic E-state index is 12.9. The van der Waals surface area contributed by atoms with E-state index < -0.39 is 49.5 Å². The van der Waals surface area contributed by atoms with Crippen molar-refractivity contribution >= 4 is 11.9 Å². The third kappa shape index (κ3) is 34.4. The maximum Gasteiger partial charge on any atom is 0.305 e. The van der Waals surface area contributed by atoms with Gasteiger partial charge in [0.2, 0.25) is 5.91 Å². The summed E-state index contributed by atoms with van der Waals surface area (Å²) >= 11 is 0. The van der Waals surface area contributed by atoms with Crippen molar-refractivity contribution in [1.29, 1.82) is 0 Å². The lowest BCUT2D eigenvalue weighted by molar-refractivity contribution is -0.302. The number of ether oxygens (including phenoxy) is 3. The molecule has 1 aliphatic rings. The molecule has 1 fully saturated rings. The Labute approximate surface area is 400 Å². The zero-order valence-electron chi connectivity index (χ0n) is 41.4. The molecule has 0 aromatic heterocycles. The molecule has 6 N–H and O–H groups in total. The Morgan fingerprint density at radius 3 is 1.62 bits per heavy atom. The van der Waals surface area contributed by atoms with Crippen LogP contribution in [-0.2, 0) is 23.8 Å². The van der Waals surface area contributed by atoms with Gasteiger partial charge in [-0.15, -0.1) is 0 Å². The Bertz CT molecular complexity index is 1330. The summed E-state index contributed by atoms with van der Waals surface area (Å²) < 4.78 is 16.6. The van der Waals surface area contributed by atoms with Crippen molar-refractivity contribution in [3.63, 3.8) is 0 Å². The van der Waals surface area contributed by atoms with E-state index in [4.69, 9.17) is 14.2 Å². The van der Waals surface area contributed by atoms with Gasteiger partial charge in [-0.05, 0) is 103 Å². The van der Waals surface area contributed by atoms with Gasteiger partial charge >= 0.3 is 5.97 Å². The van der Waals surface area contributed by atoms with E-state index in [2.05, 4.69) is 67.8 Å². The third-order valence-electron chi connectivity index (χ3n) is 11.8. The Kier molecular flexibility index (Phi) is 41.3. The van der Waals surface area contributed by atoms with Crippen molar-refractivity contribution in [2.24, 2.45) is 0 Å². The number of allylic oxidation sites excluding steroid dienone is 11. The number of rotatable bonds is 43. The molecule has 66 heavy (non-hydrogen) atoms. The van der Waals surface area contributed by atoms with Crippen molar-refractivity contribution < 1.29 is 49.3 Å².